The summed E-state index contributed by atoms with van der Waals surface area (Å²) >= 11 is 0. The minimum atomic E-state index is 0.553. The molecule has 0 spiro atoms. The smallest absolute Gasteiger partial charge is 0.182 e. The predicted octanol–water partition coefficient (Wildman–Crippen LogP) is 1.49. The number of aromatic nitrogens is 6. The quantitative estimate of drug-likeness (QED) is 0.706. The zero-order valence-corrected chi connectivity index (χ0v) is 10.4. The van der Waals surface area contributed by atoms with E-state index in [2.05, 4.69) is 25.5 Å². The molecule has 0 fully saturated rings. The fourth-order valence-corrected chi connectivity index (χ4v) is 1.84. The van der Waals surface area contributed by atoms with E-state index in [1.165, 1.54) is 0 Å². The van der Waals surface area contributed by atoms with Gasteiger partial charge in [0.25, 0.3) is 0 Å². The molecular formula is C13H12N6. The van der Waals surface area contributed by atoms with Gasteiger partial charge in [-0.2, -0.15) is 0 Å². The van der Waals surface area contributed by atoms with Gasteiger partial charge in [-0.05, 0) is 41.1 Å². The number of tetrazole rings is 1. The van der Waals surface area contributed by atoms with Crippen molar-refractivity contribution in [2.24, 2.45) is 0 Å². The van der Waals surface area contributed by atoms with E-state index in [1.54, 1.807) is 23.3 Å². The second-order valence-corrected chi connectivity index (χ2v) is 4.16. The number of hydrogen-bond acceptors (Lipinski definition) is 5. The molecule has 3 heterocycles. The number of pyridine rings is 2. The maximum Gasteiger partial charge on any atom is 0.182 e. The summed E-state index contributed by atoms with van der Waals surface area (Å²) in [5, 5.41) is 11.8. The summed E-state index contributed by atoms with van der Waals surface area (Å²) in [4.78, 5) is 8.35. The molecule has 0 aliphatic rings. The summed E-state index contributed by atoms with van der Waals surface area (Å²) in [6, 6.07) is 7.71. The van der Waals surface area contributed by atoms with E-state index in [0.717, 1.165) is 16.8 Å². The number of rotatable bonds is 3. The molecular weight excluding hydrogens is 240 g/mol. The van der Waals surface area contributed by atoms with Crippen LogP contribution in [0.1, 0.15) is 11.3 Å². The van der Waals surface area contributed by atoms with E-state index in [0.29, 0.717) is 12.4 Å². The first-order chi connectivity index (χ1) is 9.34. The standard InChI is InChI=1S/C13H12N6/c1-10-3-2-6-15-12(10)9-19-13(16-17-18-19)11-4-7-14-8-5-11/h2-8H,9H2,1H3. The minimum absolute atomic E-state index is 0.553. The molecule has 19 heavy (non-hydrogen) atoms. The second kappa shape index (κ2) is 4.93. The van der Waals surface area contributed by atoms with Crippen molar-refractivity contribution < 1.29 is 0 Å². The maximum atomic E-state index is 4.36. The van der Waals surface area contributed by atoms with Crippen LogP contribution in [0.3, 0.4) is 0 Å². The van der Waals surface area contributed by atoms with Crippen molar-refractivity contribution in [1.82, 2.24) is 30.2 Å². The van der Waals surface area contributed by atoms with Gasteiger partial charge in [-0.1, -0.05) is 6.07 Å². The number of hydrogen-bond donors (Lipinski definition) is 0. The van der Waals surface area contributed by atoms with Gasteiger partial charge < -0.3 is 0 Å². The van der Waals surface area contributed by atoms with Gasteiger partial charge in [0.15, 0.2) is 5.82 Å². The Morgan fingerprint density at radius 3 is 2.74 bits per heavy atom. The lowest BCUT2D eigenvalue weighted by Gasteiger charge is -2.06. The van der Waals surface area contributed by atoms with E-state index < -0.39 is 0 Å². The molecule has 6 heteroatoms. The summed E-state index contributed by atoms with van der Waals surface area (Å²) in [5.41, 5.74) is 3.03. The fourth-order valence-electron chi connectivity index (χ4n) is 1.84. The van der Waals surface area contributed by atoms with Gasteiger partial charge in [0, 0.05) is 24.2 Å². The van der Waals surface area contributed by atoms with E-state index in [1.807, 2.05) is 31.2 Å². The van der Waals surface area contributed by atoms with Crippen molar-refractivity contribution in [2.75, 3.05) is 0 Å². The van der Waals surface area contributed by atoms with Crippen LogP contribution in [-0.4, -0.2) is 30.2 Å². The fraction of sp³-hybridized carbons (Fsp3) is 0.154. The molecule has 94 valence electrons. The normalized spacial score (nSPS) is 10.6. The first-order valence-corrected chi connectivity index (χ1v) is 5.91. The van der Waals surface area contributed by atoms with E-state index in [-0.39, 0.29) is 0 Å². The highest BCUT2D eigenvalue weighted by molar-refractivity contribution is 5.53. The van der Waals surface area contributed by atoms with Gasteiger partial charge in [0.2, 0.25) is 0 Å². The van der Waals surface area contributed by atoms with Crippen LogP contribution in [0.15, 0.2) is 42.9 Å². The molecule has 3 rings (SSSR count). The minimum Gasteiger partial charge on any atom is -0.265 e. The van der Waals surface area contributed by atoms with Crippen molar-refractivity contribution in [3.05, 3.63) is 54.1 Å². The van der Waals surface area contributed by atoms with Crippen LogP contribution in [0.4, 0.5) is 0 Å². The largest absolute Gasteiger partial charge is 0.265 e. The monoisotopic (exact) mass is 252 g/mol. The van der Waals surface area contributed by atoms with Crippen LogP contribution < -0.4 is 0 Å². The molecule has 3 aromatic rings. The molecule has 0 N–H and O–H groups in total. The third-order valence-electron chi connectivity index (χ3n) is 2.89. The second-order valence-electron chi connectivity index (χ2n) is 4.16. The van der Waals surface area contributed by atoms with Crippen molar-refractivity contribution in [3.63, 3.8) is 0 Å². The third kappa shape index (κ3) is 2.33. The molecule has 0 amide bonds. The predicted molar refractivity (Wildman–Crippen MR) is 69.1 cm³/mol. The van der Waals surface area contributed by atoms with Crippen LogP contribution >= 0.6 is 0 Å². The van der Waals surface area contributed by atoms with Gasteiger partial charge in [0.1, 0.15) is 0 Å². The van der Waals surface area contributed by atoms with Crippen molar-refractivity contribution >= 4 is 0 Å². The van der Waals surface area contributed by atoms with E-state index >= 15 is 0 Å². The molecule has 0 aliphatic carbocycles. The summed E-state index contributed by atoms with van der Waals surface area (Å²) < 4.78 is 1.74. The zero-order chi connectivity index (χ0) is 13.1. The Morgan fingerprint density at radius 2 is 1.95 bits per heavy atom. The van der Waals surface area contributed by atoms with E-state index in [9.17, 15) is 0 Å². The third-order valence-corrected chi connectivity index (χ3v) is 2.89. The Kier molecular flexibility index (Phi) is 2.97. The Hall–Kier alpha value is -2.63. The Balaban J connectivity index is 1.96. The van der Waals surface area contributed by atoms with Crippen molar-refractivity contribution in [1.29, 1.82) is 0 Å². The van der Waals surface area contributed by atoms with Gasteiger partial charge in [-0.3, -0.25) is 9.97 Å². The molecule has 0 aliphatic heterocycles. The molecule has 0 aromatic carbocycles. The number of nitrogens with zero attached hydrogens (tertiary/aromatic N) is 6. The van der Waals surface area contributed by atoms with Crippen LogP contribution in [0.2, 0.25) is 0 Å². The molecule has 3 aromatic heterocycles. The SMILES string of the molecule is Cc1cccnc1Cn1nnnc1-c1ccncc1. The highest BCUT2D eigenvalue weighted by Crippen LogP contribution is 2.15. The van der Waals surface area contributed by atoms with Crippen molar-refractivity contribution in [3.8, 4) is 11.4 Å². The number of aryl methyl sites for hydroxylation is 1. The van der Waals surface area contributed by atoms with Gasteiger partial charge in [0.05, 0.1) is 12.2 Å². The molecule has 0 atom stereocenters. The van der Waals surface area contributed by atoms with Gasteiger partial charge in [-0.15, -0.1) is 5.10 Å². The summed E-state index contributed by atoms with van der Waals surface area (Å²) in [6.45, 7) is 2.58. The van der Waals surface area contributed by atoms with E-state index in [4.69, 9.17) is 0 Å². The van der Waals surface area contributed by atoms with Crippen LogP contribution in [-0.2, 0) is 6.54 Å². The van der Waals surface area contributed by atoms with Crippen LogP contribution in [0.25, 0.3) is 11.4 Å². The highest BCUT2D eigenvalue weighted by Gasteiger charge is 2.10. The Labute approximate surface area is 110 Å². The zero-order valence-electron chi connectivity index (χ0n) is 10.4. The Bertz CT molecular complexity index is 676. The highest BCUT2D eigenvalue weighted by atomic mass is 15.5. The first kappa shape index (κ1) is 11.5. The first-order valence-electron chi connectivity index (χ1n) is 5.91. The van der Waals surface area contributed by atoms with Gasteiger partial charge in [-0.25, -0.2) is 4.68 Å². The summed E-state index contributed by atoms with van der Waals surface area (Å²) in [7, 11) is 0. The van der Waals surface area contributed by atoms with Crippen molar-refractivity contribution in [2.45, 2.75) is 13.5 Å². The average molecular weight is 252 g/mol. The lowest BCUT2D eigenvalue weighted by Crippen LogP contribution is -2.07. The topological polar surface area (TPSA) is 69.4 Å². The molecule has 6 nitrogen and oxygen atoms in total. The maximum absolute atomic E-state index is 4.36. The molecule has 0 saturated heterocycles. The summed E-state index contributed by atoms with van der Waals surface area (Å²) in [5.74, 6) is 0.715. The Morgan fingerprint density at radius 1 is 1.11 bits per heavy atom. The lowest BCUT2D eigenvalue weighted by molar-refractivity contribution is 0.640. The lowest BCUT2D eigenvalue weighted by atomic mass is 10.2. The van der Waals surface area contributed by atoms with Crippen LogP contribution in [0, 0.1) is 6.92 Å². The van der Waals surface area contributed by atoms with Gasteiger partial charge >= 0.3 is 0 Å². The molecule has 0 saturated carbocycles. The average Bonchev–Trinajstić information content (AvgIpc) is 2.91. The van der Waals surface area contributed by atoms with Crippen LogP contribution in [0.5, 0.6) is 0 Å². The summed E-state index contributed by atoms with van der Waals surface area (Å²) in [6.07, 6.45) is 5.22. The molecule has 0 radical (unpaired) electrons. The molecule has 0 bridgehead atoms. The molecule has 0 unspecified atom stereocenters.